The van der Waals surface area contributed by atoms with Crippen LogP contribution in [0.2, 0.25) is 0 Å². The zero-order valence-corrected chi connectivity index (χ0v) is 14.3. The Bertz CT molecular complexity index is 762. The molecule has 0 unspecified atom stereocenters. The Morgan fingerprint density at radius 2 is 1.91 bits per heavy atom. The number of carbonyl (C=O) groups excluding carboxylic acids is 1. The summed E-state index contributed by atoms with van der Waals surface area (Å²) in [7, 11) is 0. The smallest absolute Gasteiger partial charge is 0.200 e. The van der Waals surface area contributed by atoms with Crippen LogP contribution in [0, 0.1) is 0 Å². The van der Waals surface area contributed by atoms with Crippen LogP contribution < -0.4 is 4.74 Å². The van der Waals surface area contributed by atoms with Crippen LogP contribution in [0.4, 0.5) is 0 Å². The summed E-state index contributed by atoms with van der Waals surface area (Å²) < 4.78 is 5.88. The SMILES string of the molecule is CCCc1cccc(/C=C2\Sc3ccccc3C2=O)c1OCC. The molecule has 0 saturated heterocycles. The fourth-order valence-corrected chi connectivity index (χ4v) is 3.82. The first-order chi connectivity index (χ1) is 11.2. The molecule has 1 heterocycles. The summed E-state index contributed by atoms with van der Waals surface area (Å²) in [6.45, 7) is 4.77. The highest BCUT2D eigenvalue weighted by Gasteiger charge is 2.25. The van der Waals surface area contributed by atoms with Crippen molar-refractivity contribution < 1.29 is 9.53 Å². The number of carbonyl (C=O) groups is 1. The third kappa shape index (κ3) is 3.20. The van der Waals surface area contributed by atoms with Gasteiger partial charge in [-0.25, -0.2) is 0 Å². The number of fused-ring (bicyclic) bond motifs is 1. The van der Waals surface area contributed by atoms with E-state index in [0.29, 0.717) is 6.61 Å². The van der Waals surface area contributed by atoms with Crippen molar-refractivity contribution in [2.75, 3.05) is 6.61 Å². The number of allylic oxidation sites excluding steroid dienone is 1. The normalized spacial score (nSPS) is 15.0. The second kappa shape index (κ2) is 7.05. The lowest BCUT2D eigenvalue weighted by atomic mass is 10.0. The number of benzene rings is 2. The third-order valence-corrected chi connectivity index (χ3v) is 4.90. The van der Waals surface area contributed by atoms with Gasteiger partial charge in [-0.2, -0.15) is 0 Å². The molecule has 0 fully saturated rings. The molecule has 23 heavy (non-hydrogen) atoms. The molecule has 0 atom stereocenters. The maximum absolute atomic E-state index is 12.6. The van der Waals surface area contributed by atoms with E-state index in [1.807, 2.05) is 49.4 Å². The van der Waals surface area contributed by atoms with Crippen molar-refractivity contribution in [3.63, 3.8) is 0 Å². The fraction of sp³-hybridized carbons (Fsp3) is 0.250. The van der Waals surface area contributed by atoms with E-state index < -0.39 is 0 Å². The molecule has 1 aliphatic rings. The van der Waals surface area contributed by atoms with Gasteiger partial charge in [0.15, 0.2) is 0 Å². The van der Waals surface area contributed by atoms with Gasteiger partial charge in [0.25, 0.3) is 0 Å². The number of Topliss-reactive ketones (excluding diaryl/α,β-unsaturated/α-hetero) is 1. The Labute approximate surface area is 141 Å². The molecule has 0 N–H and O–H groups in total. The summed E-state index contributed by atoms with van der Waals surface area (Å²) in [5.41, 5.74) is 2.99. The number of ketones is 1. The Morgan fingerprint density at radius 1 is 1.09 bits per heavy atom. The van der Waals surface area contributed by atoms with E-state index in [1.165, 1.54) is 5.56 Å². The molecule has 2 aromatic rings. The first-order valence-corrected chi connectivity index (χ1v) is 8.84. The van der Waals surface area contributed by atoms with Gasteiger partial charge in [0.2, 0.25) is 5.78 Å². The Hall–Kier alpha value is -2.00. The number of ether oxygens (including phenoxy) is 1. The molecule has 0 aliphatic carbocycles. The second-order valence-electron chi connectivity index (χ2n) is 5.45. The van der Waals surface area contributed by atoms with Crippen molar-refractivity contribution in [3.05, 3.63) is 64.1 Å². The van der Waals surface area contributed by atoms with Gasteiger partial charge in [0.05, 0.1) is 11.5 Å². The van der Waals surface area contributed by atoms with Crippen LogP contribution in [-0.2, 0) is 6.42 Å². The molecule has 1 aliphatic heterocycles. The molecular formula is C20H20O2S. The average molecular weight is 324 g/mol. The van der Waals surface area contributed by atoms with E-state index in [4.69, 9.17) is 4.74 Å². The van der Waals surface area contributed by atoms with Crippen molar-refractivity contribution >= 4 is 23.6 Å². The van der Waals surface area contributed by atoms with Crippen molar-refractivity contribution in [1.29, 1.82) is 0 Å². The average Bonchev–Trinajstić information content (AvgIpc) is 2.87. The first kappa shape index (κ1) is 15.9. The lowest BCUT2D eigenvalue weighted by Gasteiger charge is -2.13. The molecule has 2 nitrogen and oxygen atoms in total. The molecule has 0 bridgehead atoms. The summed E-state index contributed by atoms with van der Waals surface area (Å²) in [5, 5.41) is 0. The molecule has 0 radical (unpaired) electrons. The maximum atomic E-state index is 12.6. The number of hydrogen-bond donors (Lipinski definition) is 0. The van der Waals surface area contributed by atoms with Gasteiger partial charge in [-0.15, -0.1) is 0 Å². The number of hydrogen-bond acceptors (Lipinski definition) is 3. The van der Waals surface area contributed by atoms with Crippen LogP contribution in [0.5, 0.6) is 5.75 Å². The molecule has 0 amide bonds. The van der Waals surface area contributed by atoms with Crippen LogP contribution in [0.15, 0.2) is 52.3 Å². The van der Waals surface area contributed by atoms with Crippen LogP contribution in [-0.4, -0.2) is 12.4 Å². The van der Waals surface area contributed by atoms with Crippen LogP contribution in [0.25, 0.3) is 6.08 Å². The summed E-state index contributed by atoms with van der Waals surface area (Å²) in [6.07, 6.45) is 4.02. The zero-order valence-electron chi connectivity index (χ0n) is 13.5. The number of thioether (sulfide) groups is 1. The van der Waals surface area contributed by atoms with E-state index >= 15 is 0 Å². The quantitative estimate of drug-likeness (QED) is 0.692. The summed E-state index contributed by atoms with van der Waals surface area (Å²) >= 11 is 1.54. The summed E-state index contributed by atoms with van der Waals surface area (Å²) in [5.74, 6) is 1.02. The van der Waals surface area contributed by atoms with Crippen LogP contribution in [0.3, 0.4) is 0 Å². The first-order valence-electron chi connectivity index (χ1n) is 8.02. The van der Waals surface area contributed by atoms with Gasteiger partial charge in [-0.05, 0) is 37.1 Å². The molecule has 0 saturated carbocycles. The minimum Gasteiger partial charge on any atom is -0.493 e. The lowest BCUT2D eigenvalue weighted by Crippen LogP contribution is -2.00. The molecule has 2 aromatic carbocycles. The van der Waals surface area contributed by atoms with E-state index in [0.717, 1.165) is 39.5 Å². The molecule has 0 spiro atoms. The predicted octanol–water partition coefficient (Wildman–Crippen LogP) is 5.37. The van der Waals surface area contributed by atoms with Gasteiger partial charge in [0, 0.05) is 16.0 Å². The molecular weight excluding hydrogens is 304 g/mol. The second-order valence-corrected chi connectivity index (χ2v) is 6.54. The standard InChI is InChI=1S/C20H20O2S/c1-3-8-14-9-7-10-15(20(14)22-4-2)13-18-19(21)16-11-5-6-12-17(16)23-18/h5-7,9-13H,3-4,8H2,1-2H3/b18-13-. The number of aryl methyl sites for hydroxylation is 1. The van der Waals surface area contributed by atoms with Crippen molar-refractivity contribution in [3.8, 4) is 5.75 Å². The highest BCUT2D eigenvalue weighted by atomic mass is 32.2. The van der Waals surface area contributed by atoms with Crippen molar-refractivity contribution in [2.45, 2.75) is 31.6 Å². The van der Waals surface area contributed by atoms with E-state index in [-0.39, 0.29) is 5.78 Å². The molecule has 3 heteroatoms. The van der Waals surface area contributed by atoms with Gasteiger partial charge in [-0.1, -0.05) is 55.4 Å². The van der Waals surface area contributed by atoms with Gasteiger partial charge in [-0.3, -0.25) is 4.79 Å². The molecule has 3 rings (SSSR count). The van der Waals surface area contributed by atoms with Crippen LogP contribution >= 0.6 is 11.8 Å². The number of rotatable bonds is 5. The summed E-state index contributed by atoms with van der Waals surface area (Å²) in [6, 6.07) is 13.9. The Balaban J connectivity index is 2.00. The monoisotopic (exact) mass is 324 g/mol. The predicted molar refractivity (Wildman–Crippen MR) is 96.2 cm³/mol. The highest BCUT2D eigenvalue weighted by Crippen LogP contribution is 2.41. The van der Waals surface area contributed by atoms with Gasteiger partial charge < -0.3 is 4.74 Å². The van der Waals surface area contributed by atoms with Gasteiger partial charge in [0.1, 0.15) is 5.75 Å². The zero-order chi connectivity index (χ0) is 16.2. The van der Waals surface area contributed by atoms with E-state index in [1.54, 1.807) is 11.8 Å². The minimum absolute atomic E-state index is 0.106. The molecule has 0 aromatic heterocycles. The largest absolute Gasteiger partial charge is 0.493 e. The van der Waals surface area contributed by atoms with Crippen molar-refractivity contribution in [2.24, 2.45) is 0 Å². The van der Waals surface area contributed by atoms with Crippen molar-refractivity contribution in [1.82, 2.24) is 0 Å². The molecule has 118 valence electrons. The van der Waals surface area contributed by atoms with Crippen LogP contribution in [0.1, 0.15) is 41.8 Å². The Morgan fingerprint density at radius 3 is 2.65 bits per heavy atom. The maximum Gasteiger partial charge on any atom is 0.200 e. The van der Waals surface area contributed by atoms with Gasteiger partial charge >= 0.3 is 0 Å². The Kier molecular flexibility index (Phi) is 4.87. The van der Waals surface area contributed by atoms with E-state index in [2.05, 4.69) is 13.0 Å². The summed E-state index contributed by atoms with van der Waals surface area (Å²) in [4.78, 5) is 14.3. The topological polar surface area (TPSA) is 26.3 Å². The third-order valence-electron chi connectivity index (χ3n) is 3.80. The minimum atomic E-state index is 0.106. The number of para-hydroxylation sites is 1. The lowest BCUT2D eigenvalue weighted by molar-refractivity contribution is 0.104. The van der Waals surface area contributed by atoms with E-state index in [9.17, 15) is 4.79 Å². The fourth-order valence-electron chi connectivity index (χ4n) is 2.78. The highest BCUT2D eigenvalue weighted by molar-refractivity contribution is 8.04.